The van der Waals surface area contributed by atoms with Gasteiger partial charge < -0.3 is 26.0 Å². The molecule has 0 aliphatic carbocycles. The number of carbonyl (C=O) groups excluding carboxylic acids is 3. The second-order valence-corrected chi connectivity index (χ2v) is 15.5. The zero-order chi connectivity index (χ0) is 37.7. The van der Waals surface area contributed by atoms with E-state index in [-0.39, 0.29) is 17.4 Å². The predicted molar refractivity (Wildman–Crippen MR) is 182 cm³/mol. The summed E-state index contributed by atoms with van der Waals surface area (Å²) in [5.41, 5.74) is 4.48. The van der Waals surface area contributed by atoms with Gasteiger partial charge in [0.15, 0.2) is 5.75 Å². The van der Waals surface area contributed by atoms with Crippen molar-refractivity contribution in [1.29, 1.82) is 0 Å². The smallest absolute Gasteiger partial charge is 0.404 e. The van der Waals surface area contributed by atoms with E-state index in [9.17, 15) is 36.0 Å². The summed E-state index contributed by atoms with van der Waals surface area (Å²) >= 11 is 0. The Labute approximate surface area is 286 Å². The highest BCUT2D eigenvalue weighted by atomic mass is 32.2. The van der Waals surface area contributed by atoms with Gasteiger partial charge in [0.05, 0.1) is 22.7 Å². The summed E-state index contributed by atoms with van der Waals surface area (Å²) in [6.45, 7) is 14.2. The molecular weight excluding hydrogens is 663 g/mol. The van der Waals surface area contributed by atoms with Crippen molar-refractivity contribution < 1.29 is 40.7 Å². The van der Waals surface area contributed by atoms with Gasteiger partial charge in [0.25, 0.3) is 15.9 Å². The van der Waals surface area contributed by atoms with Gasteiger partial charge in [-0.05, 0) is 43.0 Å². The summed E-state index contributed by atoms with van der Waals surface area (Å²) in [5.74, 6) is -3.11. The van der Waals surface area contributed by atoms with Crippen molar-refractivity contribution in [2.45, 2.75) is 90.2 Å². The molecule has 0 bridgehead atoms. The molecule has 2 rings (SSSR count). The van der Waals surface area contributed by atoms with E-state index in [2.05, 4.69) is 15.4 Å². The first kappa shape index (κ1) is 41.1. The normalized spacial score (nSPS) is 14.9. The maximum Gasteiger partial charge on any atom is 0.573 e. The van der Waals surface area contributed by atoms with Gasteiger partial charge in [0.1, 0.15) is 6.04 Å². The Morgan fingerprint density at radius 2 is 1.53 bits per heavy atom. The highest BCUT2D eigenvalue weighted by molar-refractivity contribution is 7.90. The van der Waals surface area contributed by atoms with Gasteiger partial charge >= 0.3 is 6.36 Å². The first-order valence-electron chi connectivity index (χ1n) is 15.5. The van der Waals surface area contributed by atoms with Gasteiger partial charge in [0, 0.05) is 24.1 Å². The second kappa shape index (κ2) is 15.6. The number of nitrogens with one attached hydrogen (secondary N) is 3. The molecule has 0 spiro atoms. The third kappa shape index (κ3) is 10.7. The second-order valence-electron chi connectivity index (χ2n) is 13.8. The molecule has 0 aliphatic rings. The Bertz CT molecular complexity index is 1640. The Morgan fingerprint density at radius 1 is 0.959 bits per heavy atom. The van der Waals surface area contributed by atoms with E-state index in [1.54, 1.807) is 20.9 Å². The number of amides is 3. The molecule has 3 atom stereocenters. The topological polar surface area (TPSA) is 160 Å². The predicted octanol–water partition coefficient (Wildman–Crippen LogP) is 4.50. The lowest BCUT2D eigenvalue weighted by atomic mass is 9.76. The molecular formula is C34H48F3N5O6S. The summed E-state index contributed by atoms with van der Waals surface area (Å²) in [5, 5.41) is 6.03. The molecule has 0 aliphatic heterocycles. The molecule has 2 aromatic carbocycles. The Kier molecular flexibility index (Phi) is 13.1. The third-order valence-corrected chi connectivity index (χ3v) is 9.52. The lowest BCUT2D eigenvalue weighted by Gasteiger charge is -2.40. The maximum atomic E-state index is 14.1. The minimum atomic E-state index is -5.13. The van der Waals surface area contributed by atoms with Crippen molar-refractivity contribution in [2.75, 3.05) is 19.8 Å². The summed E-state index contributed by atoms with van der Waals surface area (Å²) in [4.78, 5) is 41.6. The van der Waals surface area contributed by atoms with Crippen molar-refractivity contribution >= 4 is 33.4 Å². The molecule has 0 saturated carbocycles. The zero-order valence-electron chi connectivity index (χ0n) is 29.5. The Balaban J connectivity index is 2.35. The van der Waals surface area contributed by atoms with E-state index >= 15 is 0 Å². The molecule has 0 saturated heterocycles. The number of alkyl halides is 3. The molecule has 0 radical (unpaired) electrons. The number of likely N-dealkylation sites (N-methyl/N-ethyl adjacent to an activating group) is 2. The van der Waals surface area contributed by atoms with Crippen molar-refractivity contribution in [1.82, 2.24) is 20.3 Å². The van der Waals surface area contributed by atoms with Crippen LogP contribution in [0.3, 0.4) is 0 Å². The number of carbonyl (C=O) groups is 3. The number of nitrogens with zero attached hydrogens (tertiary/aromatic N) is 1. The molecule has 3 unspecified atom stereocenters. The molecule has 3 amide bonds. The van der Waals surface area contributed by atoms with E-state index in [4.69, 9.17) is 5.73 Å². The molecule has 0 fully saturated rings. The van der Waals surface area contributed by atoms with Crippen molar-refractivity contribution in [3.05, 3.63) is 65.7 Å². The molecule has 5 N–H and O–H groups in total. The largest absolute Gasteiger partial charge is 0.573 e. The number of benzene rings is 2. The van der Waals surface area contributed by atoms with Crippen LogP contribution in [0.5, 0.6) is 5.75 Å². The van der Waals surface area contributed by atoms with E-state index < -0.39 is 73.5 Å². The standard InChI is InChI=1S/C34H48F3N5O6S/c1-20(2)25(18-21(3)29(43)41-49(46,47)23-16-17-24(38)26(19-23)48-34(35,36)37)42(10)31(45)28(32(4,5)6)40-30(44)27(39-9)33(7,8)22-14-12-11-13-15-22/h11-20,25,27-28,39H,38H2,1-10H3,(H,40,44)(H,41,43)/b21-18+. The first-order chi connectivity index (χ1) is 22.3. The van der Waals surface area contributed by atoms with E-state index in [0.29, 0.717) is 6.07 Å². The number of anilines is 1. The fraction of sp³-hybridized carbons (Fsp3) is 0.500. The van der Waals surface area contributed by atoms with Crippen LogP contribution >= 0.6 is 0 Å². The minimum absolute atomic E-state index is 0.0830. The van der Waals surface area contributed by atoms with Gasteiger partial charge in [-0.3, -0.25) is 14.4 Å². The molecule has 0 aromatic heterocycles. The van der Waals surface area contributed by atoms with E-state index in [0.717, 1.165) is 17.7 Å². The molecule has 15 heteroatoms. The van der Waals surface area contributed by atoms with Crippen LogP contribution in [0.2, 0.25) is 0 Å². The van der Waals surface area contributed by atoms with Gasteiger partial charge in [-0.2, -0.15) is 0 Å². The first-order valence-corrected chi connectivity index (χ1v) is 17.0. The van der Waals surface area contributed by atoms with Crippen LogP contribution in [-0.4, -0.2) is 69.6 Å². The average molecular weight is 712 g/mol. The molecule has 272 valence electrons. The van der Waals surface area contributed by atoms with Crippen molar-refractivity contribution in [2.24, 2.45) is 11.3 Å². The fourth-order valence-corrected chi connectivity index (χ4v) is 6.35. The number of nitrogen functional groups attached to an aromatic ring is 1. The number of hydrogen-bond donors (Lipinski definition) is 4. The van der Waals surface area contributed by atoms with Gasteiger partial charge in [-0.15, -0.1) is 13.2 Å². The van der Waals surface area contributed by atoms with Crippen LogP contribution < -0.4 is 25.8 Å². The van der Waals surface area contributed by atoms with Crippen LogP contribution in [0.1, 0.15) is 61.0 Å². The SMILES string of the molecule is CNC(C(=O)NC(C(=O)N(C)C(/C=C(\C)C(=O)NS(=O)(=O)c1ccc(N)c(OC(F)(F)F)c1)C(C)C)C(C)(C)C)C(C)(C)c1ccccc1. The monoisotopic (exact) mass is 711 g/mol. The molecule has 0 heterocycles. The number of rotatable bonds is 13. The fourth-order valence-electron chi connectivity index (χ4n) is 5.32. The third-order valence-electron chi connectivity index (χ3n) is 8.19. The highest BCUT2D eigenvalue weighted by Gasteiger charge is 2.42. The average Bonchev–Trinajstić information content (AvgIpc) is 2.97. The van der Waals surface area contributed by atoms with Crippen molar-refractivity contribution in [3.63, 3.8) is 0 Å². The van der Waals surface area contributed by atoms with Crippen LogP contribution in [0, 0.1) is 11.3 Å². The van der Waals surface area contributed by atoms with Crippen LogP contribution in [0.15, 0.2) is 65.1 Å². The van der Waals surface area contributed by atoms with Crippen LogP contribution in [0.4, 0.5) is 18.9 Å². The summed E-state index contributed by atoms with van der Waals surface area (Å²) in [7, 11) is -1.46. The van der Waals surface area contributed by atoms with E-state index in [1.165, 1.54) is 24.9 Å². The van der Waals surface area contributed by atoms with E-state index in [1.807, 2.05) is 69.7 Å². The van der Waals surface area contributed by atoms with Crippen molar-refractivity contribution in [3.8, 4) is 5.75 Å². The maximum absolute atomic E-state index is 14.1. The van der Waals surface area contributed by atoms with Gasteiger partial charge in [-0.1, -0.05) is 84.9 Å². The summed E-state index contributed by atoms with van der Waals surface area (Å²) < 4.78 is 69.8. The molecule has 49 heavy (non-hydrogen) atoms. The lowest BCUT2D eigenvalue weighted by molar-refractivity contribution is -0.274. The highest BCUT2D eigenvalue weighted by Crippen LogP contribution is 2.31. The summed E-state index contributed by atoms with van der Waals surface area (Å²) in [6, 6.07) is 9.47. The summed E-state index contributed by atoms with van der Waals surface area (Å²) in [6.07, 6.45) is -3.71. The number of ether oxygens (including phenoxy) is 1. The quantitative estimate of drug-likeness (QED) is 0.175. The lowest BCUT2D eigenvalue weighted by Crippen LogP contribution is -2.61. The molecule has 11 nitrogen and oxygen atoms in total. The molecule has 2 aromatic rings. The van der Waals surface area contributed by atoms with Gasteiger partial charge in [0.2, 0.25) is 11.8 Å². The Morgan fingerprint density at radius 3 is 2.02 bits per heavy atom. The number of hydrogen-bond acceptors (Lipinski definition) is 8. The minimum Gasteiger partial charge on any atom is -0.404 e. The zero-order valence-corrected chi connectivity index (χ0v) is 30.3. The Hall–Kier alpha value is -4.11. The van der Waals surface area contributed by atoms with Crippen LogP contribution in [0.25, 0.3) is 0 Å². The number of sulfonamides is 1. The van der Waals surface area contributed by atoms with Gasteiger partial charge in [-0.25, -0.2) is 13.1 Å². The number of nitrogens with two attached hydrogens (primary N) is 1. The number of halogens is 3. The van der Waals surface area contributed by atoms with Crippen LogP contribution in [-0.2, 0) is 29.8 Å².